The second-order valence-electron chi connectivity index (χ2n) is 5.67. The molecular weight excluding hydrogens is 260 g/mol. The van der Waals surface area contributed by atoms with Crippen molar-refractivity contribution in [2.45, 2.75) is 38.6 Å². The van der Waals surface area contributed by atoms with E-state index < -0.39 is 17.8 Å². The van der Waals surface area contributed by atoms with Crippen LogP contribution in [0.15, 0.2) is 27.4 Å². The van der Waals surface area contributed by atoms with E-state index in [1.54, 1.807) is 32.9 Å². The van der Waals surface area contributed by atoms with Crippen molar-refractivity contribution in [3.05, 3.63) is 39.7 Å². The van der Waals surface area contributed by atoms with Crippen LogP contribution in [-0.4, -0.2) is 21.9 Å². The zero-order chi connectivity index (χ0) is 14.7. The van der Waals surface area contributed by atoms with Crippen LogP contribution >= 0.6 is 0 Å². The predicted molar refractivity (Wildman–Crippen MR) is 72.9 cm³/mol. The van der Waals surface area contributed by atoms with Gasteiger partial charge in [-0.3, -0.25) is 4.79 Å². The van der Waals surface area contributed by atoms with Gasteiger partial charge in [0, 0.05) is 6.07 Å². The van der Waals surface area contributed by atoms with E-state index in [9.17, 15) is 15.0 Å². The fourth-order valence-corrected chi connectivity index (χ4v) is 2.59. The molecule has 0 saturated carbocycles. The Morgan fingerprint density at radius 2 is 1.95 bits per heavy atom. The summed E-state index contributed by atoms with van der Waals surface area (Å²) in [5.41, 5.74) is -0.493. The van der Waals surface area contributed by atoms with Gasteiger partial charge in [-0.25, -0.2) is 0 Å². The van der Waals surface area contributed by atoms with Crippen molar-refractivity contribution >= 4 is 11.0 Å². The molecule has 1 aliphatic rings. The molecule has 5 nitrogen and oxygen atoms in total. The molecule has 2 aromatic rings. The summed E-state index contributed by atoms with van der Waals surface area (Å²) in [6.07, 6.45) is -2.27. The SMILES string of the molecule is Cc1cc(=O)c2ccc3c(c2o1)[C@@H](O)[C@@H](O)C(C)(C)O3. The van der Waals surface area contributed by atoms with E-state index >= 15 is 0 Å². The van der Waals surface area contributed by atoms with Crippen LogP contribution in [0.4, 0.5) is 0 Å². The number of aryl methyl sites for hydroxylation is 1. The highest BCUT2D eigenvalue weighted by atomic mass is 16.5. The summed E-state index contributed by atoms with van der Waals surface area (Å²) in [6.45, 7) is 5.05. The molecule has 2 atom stereocenters. The van der Waals surface area contributed by atoms with Crippen molar-refractivity contribution < 1.29 is 19.4 Å². The van der Waals surface area contributed by atoms with Crippen molar-refractivity contribution in [1.29, 1.82) is 0 Å². The minimum atomic E-state index is -1.16. The van der Waals surface area contributed by atoms with Crippen LogP contribution in [0.5, 0.6) is 5.75 Å². The summed E-state index contributed by atoms with van der Waals surface area (Å²) in [4.78, 5) is 12.0. The highest BCUT2D eigenvalue weighted by Crippen LogP contribution is 2.42. The molecule has 2 heterocycles. The number of aliphatic hydroxyl groups excluding tert-OH is 2. The predicted octanol–water partition coefficient (Wildman–Crippen LogP) is 1.67. The molecule has 0 aliphatic carbocycles. The van der Waals surface area contributed by atoms with Gasteiger partial charge in [0.05, 0.1) is 10.9 Å². The fraction of sp³-hybridized carbons (Fsp3) is 0.400. The molecule has 1 aromatic carbocycles. The lowest BCUT2D eigenvalue weighted by Crippen LogP contribution is -2.48. The highest BCUT2D eigenvalue weighted by molar-refractivity contribution is 5.83. The molecule has 0 bridgehead atoms. The molecule has 0 amide bonds. The molecule has 0 radical (unpaired) electrons. The number of fused-ring (bicyclic) bond motifs is 3. The van der Waals surface area contributed by atoms with Crippen molar-refractivity contribution in [2.75, 3.05) is 0 Å². The average Bonchev–Trinajstić information content (AvgIpc) is 2.34. The maximum atomic E-state index is 12.0. The standard InChI is InChI=1S/C15H16O5/c1-7-6-9(16)8-4-5-10-11(13(8)19-7)12(17)14(18)15(2,3)20-10/h4-6,12,14,17-18H,1-3H3/t12-,14-/m1/s1. The van der Waals surface area contributed by atoms with Crippen molar-refractivity contribution in [3.63, 3.8) is 0 Å². The molecule has 1 aromatic heterocycles. The third kappa shape index (κ3) is 1.74. The molecule has 0 saturated heterocycles. The largest absolute Gasteiger partial charge is 0.485 e. The van der Waals surface area contributed by atoms with E-state index in [4.69, 9.17) is 9.15 Å². The quantitative estimate of drug-likeness (QED) is 0.765. The van der Waals surface area contributed by atoms with Crippen LogP contribution < -0.4 is 10.2 Å². The van der Waals surface area contributed by atoms with Crippen LogP contribution in [0.2, 0.25) is 0 Å². The molecule has 2 N–H and O–H groups in total. The zero-order valence-corrected chi connectivity index (χ0v) is 11.5. The molecule has 3 rings (SSSR count). The van der Waals surface area contributed by atoms with Crippen molar-refractivity contribution in [2.24, 2.45) is 0 Å². The third-order valence-corrected chi connectivity index (χ3v) is 3.70. The summed E-state index contributed by atoms with van der Waals surface area (Å²) in [5.74, 6) is 0.872. The van der Waals surface area contributed by atoms with E-state index in [0.29, 0.717) is 22.5 Å². The van der Waals surface area contributed by atoms with E-state index in [0.717, 1.165) is 0 Å². The molecule has 106 valence electrons. The molecule has 0 fully saturated rings. The van der Waals surface area contributed by atoms with Crippen molar-refractivity contribution in [1.82, 2.24) is 0 Å². The maximum Gasteiger partial charge on any atom is 0.192 e. The number of hydrogen-bond acceptors (Lipinski definition) is 5. The first kappa shape index (κ1) is 13.1. The Bertz CT molecular complexity index is 744. The summed E-state index contributed by atoms with van der Waals surface area (Å²) >= 11 is 0. The number of ether oxygens (including phenoxy) is 1. The highest BCUT2D eigenvalue weighted by Gasteiger charge is 2.43. The third-order valence-electron chi connectivity index (χ3n) is 3.70. The Hall–Kier alpha value is -1.85. The minimum absolute atomic E-state index is 0.182. The van der Waals surface area contributed by atoms with Gasteiger partial charge >= 0.3 is 0 Å². The molecule has 1 aliphatic heterocycles. The van der Waals surface area contributed by atoms with Gasteiger partial charge in [-0.2, -0.15) is 0 Å². The number of rotatable bonds is 0. The van der Waals surface area contributed by atoms with Crippen LogP contribution in [0, 0.1) is 6.92 Å². The monoisotopic (exact) mass is 276 g/mol. The van der Waals surface area contributed by atoms with Gasteiger partial charge in [-0.15, -0.1) is 0 Å². The molecule has 20 heavy (non-hydrogen) atoms. The van der Waals surface area contributed by atoms with Gasteiger partial charge in [-0.05, 0) is 32.9 Å². The summed E-state index contributed by atoms with van der Waals surface area (Å²) < 4.78 is 11.3. The number of benzene rings is 1. The number of hydrogen-bond donors (Lipinski definition) is 2. The Morgan fingerprint density at radius 3 is 2.65 bits per heavy atom. The summed E-state index contributed by atoms with van der Waals surface area (Å²) in [6, 6.07) is 4.63. The lowest BCUT2D eigenvalue weighted by molar-refractivity contribution is -0.111. The lowest BCUT2D eigenvalue weighted by Gasteiger charge is -2.40. The Morgan fingerprint density at radius 1 is 1.25 bits per heavy atom. The van der Waals surface area contributed by atoms with Crippen LogP contribution in [-0.2, 0) is 0 Å². The molecule has 0 spiro atoms. The lowest BCUT2D eigenvalue weighted by atomic mass is 9.87. The van der Waals surface area contributed by atoms with E-state index in [-0.39, 0.29) is 11.0 Å². The van der Waals surface area contributed by atoms with Gasteiger partial charge in [0.1, 0.15) is 34.9 Å². The van der Waals surface area contributed by atoms with Gasteiger partial charge in [0.2, 0.25) is 0 Å². The maximum absolute atomic E-state index is 12.0. The van der Waals surface area contributed by atoms with Gasteiger partial charge in [0.15, 0.2) is 5.43 Å². The number of aliphatic hydroxyl groups is 2. The van der Waals surface area contributed by atoms with Gasteiger partial charge in [0.25, 0.3) is 0 Å². The second kappa shape index (κ2) is 4.07. The molecule has 0 unspecified atom stereocenters. The summed E-state index contributed by atoms with van der Waals surface area (Å²) in [7, 11) is 0. The molecular formula is C15H16O5. The first-order valence-corrected chi connectivity index (χ1v) is 6.44. The Kier molecular flexibility index (Phi) is 2.68. The van der Waals surface area contributed by atoms with Crippen LogP contribution in [0.25, 0.3) is 11.0 Å². The van der Waals surface area contributed by atoms with E-state index in [1.165, 1.54) is 6.07 Å². The second-order valence-corrected chi connectivity index (χ2v) is 5.67. The van der Waals surface area contributed by atoms with E-state index in [2.05, 4.69) is 0 Å². The molecule has 5 heteroatoms. The average molecular weight is 276 g/mol. The zero-order valence-electron chi connectivity index (χ0n) is 11.5. The fourth-order valence-electron chi connectivity index (χ4n) is 2.59. The Balaban J connectivity index is 2.37. The summed E-state index contributed by atoms with van der Waals surface area (Å²) in [5, 5.41) is 20.9. The van der Waals surface area contributed by atoms with Crippen LogP contribution in [0.3, 0.4) is 0 Å². The Labute approximate surface area is 115 Å². The normalized spacial score (nSPS) is 24.2. The van der Waals surface area contributed by atoms with E-state index in [1.807, 2.05) is 0 Å². The van der Waals surface area contributed by atoms with Gasteiger partial charge < -0.3 is 19.4 Å². The topological polar surface area (TPSA) is 79.9 Å². The van der Waals surface area contributed by atoms with Gasteiger partial charge in [-0.1, -0.05) is 0 Å². The first-order chi connectivity index (χ1) is 9.31. The smallest absolute Gasteiger partial charge is 0.192 e. The van der Waals surface area contributed by atoms with Crippen molar-refractivity contribution in [3.8, 4) is 5.75 Å². The minimum Gasteiger partial charge on any atom is -0.485 e. The first-order valence-electron chi connectivity index (χ1n) is 6.44. The van der Waals surface area contributed by atoms with Crippen LogP contribution in [0.1, 0.15) is 31.3 Å².